The fraction of sp³-hybridized carbons (Fsp3) is 1.00. The molecule has 1 aliphatic rings. The van der Waals surface area contributed by atoms with Gasteiger partial charge in [-0.3, -0.25) is 0 Å². The molecular weight excluding hydrogens is 134 g/mol. The van der Waals surface area contributed by atoms with Crippen LogP contribution in [0.1, 0.15) is 26.7 Å². The second-order valence-corrected chi connectivity index (χ2v) is 4.19. The second kappa shape index (κ2) is 2.20. The van der Waals surface area contributed by atoms with E-state index in [-0.39, 0.29) is 5.92 Å². The van der Waals surface area contributed by atoms with E-state index in [1.807, 2.05) is 6.92 Å². The average molecular weight is 148 g/mol. The minimum Gasteiger partial charge on any atom is -0.239 e. The van der Waals surface area contributed by atoms with E-state index < -0.39 is 5.41 Å². The molecule has 0 saturated heterocycles. The van der Waals surface area contributed by atoms with Crippen molar-refractivity contribution in [2.45, 2.75) is 32.1 Å². The number of halogens is 1. The van der Waals surface area contributed by atoms with Crippen molar-refractivity contribution in [3.63, 3.8) is 0 Å². The number of alkyl halides is 1. The van der Waals surface area contributed by atoms with E-state index >= 15 is 0 Å². The standard InChI is InChI=1S/C7H14FP/c1-5-3-4-7(8,9)6(5)2/h5-6H,3-4,9H2,1-2H3. The van der Waals surface area contributed by atoms with Crippen molar-refractivity contribution in [1.82, 2.24) is 0 Å². The molecule has 0 spiro atoms. The maximum atomic E-state index is 13.2. The lowest BCUT2D eigenvalue weighted by Crippen LogP contribution is -2.19. The second-order valence-electron chi connectivity index (χ2n) is 3.23. The van der Waals surface area contributed by atoms with Gasteiger partial charge in [0.25, 0.3) is 0 Å². The Kier molecular flexibility index (Phi) is 1.82. The molecule has 0 radical (unpaired) electrons. The number of rotatable bonds is 0. The van der Waals surface area contributed by atoms with Crippen LogP contribution >= 0.6 is 9.24 Å². The Morgan fingerprint density at radius 1 is 1.56 bits per heavy atom. The summed E-state index contributed by atoms with van der Waals surface area (Å²) in [7, 11) is 2.33. The summed E-state index contributed by atoms with van der Waals surface area (Å²) in [6.07, 6.45) is 1.77. The van der Waals surface area contributed by atoms with Crippen LogP contribution in [0.4, 0.5) is 4.39 Å². The summed E-state index contributed by atoms with van der Waals surface area (Å²) >= 11 is 0. The Hall–Kier alpha value is 0.360. The Morgan fingerprint density at radius 2 is 2.11 bits per heavy atom. The summed E-state index contributed by atoms with van der Waals surface area (Å²) in [6, 6.07) is 0. The molecule has 0 amide bonds. The first-order valence-electron chi connectivity index (χ1n) is 3.52. The molecule has 0 bridgehead atoms. The third kappa shape index (κ3) is 1.26. The lowest BCUT2D eigenvalue weighted by atomic mass is 10.00. The zero-order valence-corrected chi connectivity index (χ0v) is 7.18. The van der Waals surface area contributed by atoms with Gasteiger partial charge in [-0.2, -0.15) is 0 Å². The topological polar surface area (TPSA) is 0 Å². The highest BCUT2D eigenvalue weighted by Crippen LogP contribution is 2.46. The van der Waals surface area contributed by atoms with Crippen molar-refractivity contribution in [3.8, 4) is 0 Å². The zero-order chi connectivity index (χ0) is 7.07. The van der Waals surface area contributed by atoms with Gasteiger partial charge in [-0.05, 0) is 24.7 Å². The van der Waals surface area contributed by atoms with E-state index in [0.29, 0.717) is 5.92 Å². The number of hydrogen-bond acceptors (Lipinski definition) is 0. The predicted octanol–water partition coefficient (Wildman–Crippen LogP) is 2.59. The van der Waals surface area contributed by atoms with Crippen molar-refractivity contribution in [3.05, 3.63) is 0 Å². The van der Waals surface area contributed by atoms with Gasteiger partial charge in [-0.15, -0.1) is 0 Å². The summed E-state index contributed by atoms with van der Waals surface area (Å²) in [5, 5.41) is -0.959. The molecule has 1 saturated carbocycles. The maximum absolute atomic E-state index is 13.2. The van der Waals surface area contributed by atoms with Crippen LogP contribution in [0.15, 0.2) is 0 Å². The van der Waals surface area contributed by atoms with E-state index in [0.717, 1.165) is 12.8 Å². The van der Waals surface area contributed by atoms with Gasteiger partial charge in [0.1, 0.15) is 5.41 Å². The Morgan fingerprint density at radius 3 is 2.22 bits per heavy atom. The average Bonchev–Trinajstić information content (AvgIpc) is 1.97. The molecule has 4 unspecified atom stereocenters. The molecule has 0 aromatic rings. The van der Waals surface area contributed by atoms with Crippen LogP contribution in [0, 0.1) is 11.8 Å². The molecule has 1 fully saturated rings. The minimum absolute atomic E-state index is 0.225. The van der Waals surface area contributed by atoms with Crippen molar-refractivity contribution >= 4 is 9.24 Å². The molecule has 0 aromatic heterocycles. The van der Waals surface area contributed by atoms with Gasteiger partial charge in [0, 0.05) is 0 Å². The third-order valence-electron chi connectivity index (χ3n) is 2.59. The highest BCUT2D eigenvalue weighted by molar-refractivity contribution is 7.18. The quantitative estimate of drug-likeness (QED) is 0.463. The first-order chi connectivity index (χ1) is 4.04. The number of hydrogen-bond donors (Lipinski definition) is 0. The molecular formula is C7H14FP. The van der Waals surface area contributed by atoms with Gasteiger partial charge in [-0.25, -0.2) is 4.39 Å². The summed E-state index contributed by atoms with van der Waals surface area (Å²) in [5.41, 5.74) is 0. The molecule has 0 N–H and O–H groups in total. The third-order valence-corrected chi connectivity index (χ3v) is 3.41. The maximum Gasteiger partial charge on any atom is 0.126 e. The minimum atomic E-state index is -0.959. The fourth-order valence-corrected chi connectivity index (χ4v) is 1.89. The van der Waals surface area contributed by atoms with Gasteiger partial charge < -0.3 is 0 Å². The summed E-state index contributed by atoms with van der Waals surface area (Å²) in [4.78, 5) is 0. The van der Waals surface area contributed by atoms with E-state index in [2.05, 4.69) is 16.2 Å². The zero-order valence-electron chi connectivity index (χ0n) is 6.02. The lowest BCUT2D eigenvalue weighted by Gasteiger charge is -2.20. The van der Waals surface area contributed by atoms with Crippen LogP contribution in [0.3, 0.4) is 0 Å². The highest BCUT2D eigenvalue weighted by atomic mass is 31.0. The Bertz CT molecular complexity index is 111. The smallest absolute Gasteiger partial charge is 0.126 e. The van der Waals surface area contributed by atoms with Crippen LogP contribution < -0.4 is 0 Å². The molecule has 54 valence electrons. The van der Waals surface area contributed by atoms with Gasteiger partial charge >= 0.3 is 0 Å². The van der Waals surface area contributed by atoms with Gasteiger partial charge in [0.05, 0.1) is 0 Å². The van der Waals surface area contributed by atoms with Crippen molar-refractivity contribution in [2.75, 3.05) is 0 Å². The molecule has 1 aliphatic carbocycles. The molecule has 9 heavy (non-hydrogen) atoms. The van der Waals surface area contributed by atoms with Crippen molar-refractivity contribution in [2.24, 2.45) is 11.8 Å². The molecule has 4 atom stereocenters. The van der Waals surface area contributed by atoms with Gasteiger partial charge in [-0.1, -0.05) is 23.1 Å². The van der Waals surface area contributed by atoms with Gasteiger partial charge in [0.15, 0.2) is 0 Å². The van der Waals surface area contributed by atoms with E-state index in [1.54, 1.807) is 0 Å². The summed E-state index contributed by atoms with van der Waals surface area (Å²) in [5.74, 6) is 0.787. The lowest BCUT2D eigenvalue weighted by molar-refractivity contribution is 0.213. The SMILES string of the molecule is CC1CCC(F)(P)C1C. The molecule has 2 heteroatoms. The Balaban J connectivity index is 2.62. The first kappa shape index (κ1) is 7.47. The normalized spacial score (nSPS) is 52.0. The monoisotopic (exact) mass is 148 g/mol. The highest BCUT2D eigenvalue weighted by Gasteiger charge is 2.40. The molecule has 0 aliphatic heterocycles. The van der Waals surface area contributed by atoms with Crippen molar-refractivity contribution in [1.29, 1.82) is 0 Å². The van der Waals surface area contributed by atoms with Crippen LogP contribution in [0.2, 0.25) is 0 Å². The summed E-state index contributed by atoms with van der Waals surface area (Å²) < 4.78 is 13.2. The summed E-state index contributed by atoms with van der Waals surface area (Å²) in [6.45, 7) is 4.11. The van der Waals surface area contributed by atoms with Crippen LogP contribution in [0.5, 0.6) is 0 Å². The first-order valence-corrected chi connectivity index (χ1v) is 4.09. The largest absolute Gasteiger partial charge is 0.239 e. The van der Waals surface area contributed by atoms with Crippen LogP contribution in [-0.2, 0) is 0 Å². The van der Waals surface area contributed by atoms with E-state index in [1.165, 1.54) is 0 Å². The fourth-order valence-electron chi connectivity index (χ4n) is 1.40. The Labute approximate surface area is 58.4 Å². The van der Waals surface area contributed by atoms with Crippen LogP contribution in [0.25, 0.3) is 0 Å². The molecule has 0 aromatic carbocycles. The molecule has 0 nitrogen and oxygen atoms in total. The van der Waals surface area contributed by atoms with Crippen molar-refractivity contribution < 1.29 is 4.39 Å². The van der Waals surface area contributed by atoms with Gasteiger partial charge in [0.2, 0.25) is 0 Å². The van der Waals surface area contributed by atoms with E-state index in [9.17, 15) is 4.39 Å². The predicted molar refractivity (Wildman–Crippen MR) is 41.1 cm³/mol. The molecule has 1 rings (SSSR count). The van der Waals surface area contributed by atoms with Crippen LogP contribution in [-0.4, -0.2) is 5.41 Å². The molecule has 0 heterocycles. The van der Waals surface area contributed by atoms with E-state index in [4.69, 9.17) is 0 Å².